The van der Waals surface area contributed by atoms with E-state index in [9.17, 15) is 4.21 Å². The lowest BCUT2D eigenvalue weighted by molar-refractivity contribution is 0.127. The first-order valence-corrected chi connectivity index (χ1v) is 8.48. The predicted octanol–water partition coefficient (Wildman–Crippen LogP) is 2.83. The molecule has 3 heterocycles. The maximum Gasteiger partial charge on any atom is 0.177 e. The van der Waals surface area contributed by atoms with Gasteiger partial charge in [-0.05, 0) is 24.8 Å². The normalized spacial score (nSPS) is 24.7. The Morgan fingerprint density at radius 1 is 1.58 bits per heavy atom. The van der Waals surface area contributed by atoms with Crippen LogP contribution in [0.1, 0.15) is 19.0 Å². The number of aromatic nitrogens is 1. The highest BCUT2D eigenvalue weighted by atomic mass is 32.2. The smallest absolute Gasteiger partial charge is 0.177 e. The van der Waals surface area contributed by atoms with E-state index in [1.807, 2.05) is 30.5 Å². The molecule has 3 atom stereocenters. The third-order valence-electron chi connectivity index (χ3n) is 3.26. The van der Waals surface area contributed by atoms with E-state index in [-0.39, 0.29) is 11.4 Å². The van der Waals surface area contributed by atoms with E-state index in [1.165, 1.54) is 0 Å². The average molecular weight is 297 g/mol. The summed E-state index contributed by atoms with van der Waals surface area (Å²) in [6.45, 7) is 2.69. The largest absolute Gasteiger partial charge is 0.377 e. The molecule has 102 valence electrons. The van der Waals surface area contributed by atoms with Gasteiger partial charge >= 0.3 is 0 Å². The Bertz CT molecular complexity index is 564. The van der Waals surface area contributed by atoms with Gasteiger partial charge < -0.3 is 9.26 Å². The molecule has 3 unspecified atom stereocenters. The van der Waals surface area contributed by atoms with Crippen molar-refractivity contribution in [1.29, 1.82) is 0 Å². The lowest BCUT2D eigenvalue weighted by atomic mass is 10.3. The molecule has 0 bridgehead atoms. The maximum absolute atomic E-state index is 12.3. The number of thiophene rings is 1. The lowest BCUT2D eigenvalue weighted by Crippen LogP contribution is -2.24. The minimum atomic E-state index is -0.954. The SMILES string of the molecule is CC1OCCC1S(=O)Cc1cc(-c2cccs2)on1. The van der Waals surface area contributed by atoms with E-state index in [1.54, 1.807) is 11.3 Å². The number of nitrogens with zero attached hydrogens (tertiary/aromatic N) is 1. The fourth-order valence-corrected chi connectivity index (χ4v) is 4.40. The Morgan fingerprint density at radius 3 is 3.16 bits per heavy atom. The molecule has 1 fully saturated rings. The van der Waals surface area contributed by atoms with Crippen molar-refractivity contribution >= 4 is 22.1 Å². The fraction of sp³-hybridized carbons (Fsp3) is 0.462. The third kappa shape index (κ3) is 2.80. The molecule has 1 aliphatic rings. The molecule has 2 aromatic heterocycles. The summed E-state index contributed by atoms with van der Waals surface area (Å²) >= 11 is 1.60. The van der Waals surface area contributed by atoms with Gasteiger partial charge in [0.05, 0.1) is 27.7 Å². The van der Waals surface area contributed by atoms with Crippen LogP contribution in [-0.2, 0) is 21.3 Å². The standard InChI is InChI=1S/C13H15NO3S2/c1-9-13(4-5-16-9)19(15)8-10-7-11(17-14-10)12-3-2-6-18-12/h2-3,6-7,9,13H,4-5,8H2,1H3. The Kier molecular flexibility index (Phi) is 3.81. The zero-order valence-electron chi connectivity index (χ0n) is 10.6. The van der Waals surface area contributed by atoms with E-state index < -0.39 is 10.8 Å². The summed E-state index contributed by atoms with van der Waals surface area (Å²) in [5.74, 6) is 1.19. The van der Waals surface area contributed by atoms with Gasteiger partial charge in [-0.2, -0.15) is 0 Å². The second-order valence-corrected chi connectivity index (χ2v) is 7.19. The van der Waals surface area contributed by atoms with Crippen LogP contribution in [-0.4, -0.2) is 27.3 Å². The summed E-state index contributed by atoms with van der Waals surface area (Å²) in [6.07, 6.45) is 0.938. The molecule has 4 nitrogen and oxygen atoms in total. The van der Waals surface area contributed by atoms with Crippen LogP contribution in [0.5, 0.6) is 0 Å². The van der Waals surface area contributed by atoms with Gasteiger partial charge in [0.15, 0.2) is 5.76 Å². The van der Waals surface area contributed by atoms with E-state index >= 15 is 0 Å². The van der Waals surface area contributed by atoms with Crippen molar-refractivity contribution < 1.29 is 13.5 Å². The van der Waals surface area contributed by atoms with E-state index in [4.69, 9.17) is 9.26 Å². The molecular formula is C13H15NO3S2. The van der Waals surface area contributed by atoms with Crippen molar-refractivity contribution in [3.63, 3.8) is 0 Å². The first-order valence-electron chi connectivity index (χ1n) is 6.22. The summed E-state index contributed by atoms with van der Waals surface area (Å²) in [5, 5.41) is 6.11. The molecule has 0 radical (unpaired) electrons. The van der Waals surface area contributed by atoms with Gasteiger partial charge in [-0.15, -0.1) is 11.3 Å². The minimum Gasteiger partial charge on any atom is -0.377 e. The number of ether oxygens (including phenoxy) is 1. The monoisotopic (exact) mass is 297 g/mol. The Morgan fingerprint density at radius 2 is 2.47 bits per heavy atom. The molecular weight excluding hydrogens is 282 g/mol. The molecule has 0 saturated carbocycles. The molecule has 2 aromatic rings. The van der Waals surface area contributed by atoms with Gasteiger partial charge in [-0.25, -0.2) is 0 Å². The molecule has 6 heteroatoms. The van der Waals surface area contributed by atoms with Crippen LogP contribution in [0.3, 0.4) is 0 Å². The van der Waals surface area contributed by atoms with E-state index in [0.29, 0.717) is 12.4 Å². The van der Waals surface area contributed by atoms with Crippen LogP contribution in [0.4, 0.5) is 0 Å². The summed E-state index contributed by atoms with van der Waals surface area (Å²) in [7, 11) is -0.954. The van der Waals surface area contributed by atoms with E-state index in [0.717, 1.165) is 22.8 Å². The Labute approximate surface area is 118 Å². The zero-order chi connectivity index (χ0) is 13.2. The first-order chi connectivity index (χ1) is 9.24. The van der Waals surface area contributed by atoms with Gasteiger partial charge in [-0.1, -0.05) is 11.2 Å². The highest BCUT2D eigenvalue weighted by Crippen LogP contribution is 2.26. The van der Waals surface area contributed by atoms with Gasteiger partial charge in [0, 0.05) is 23.5 Å². The van der Waals surface area contributed by atoms with Crippen LogP contribution in [0.15, 0.2) is 28.1 Å². The van der Waals surface area contributed by atoms with Crippen LogP contribution in [0, 0.1) is 0 Å². The second kappa shape index (κ2) is 5.56. The maximum atomic E-state index is 12.3. The van der Waals surface area contributed by atoms with Crippen molar-refractivity contribution in [2.45, 2.75) is 30.5 Å². The summed E-state index contributed by atoms with van der Waals surface area (Å²) in [4.78, 5) is 1.04. The topological polar surface area (TPSA) is 52.3 Å². The molecule has 19 heavy (non-hydrogen) atoms. The first kappa shape index (κ1) is 13.0. The number of hydrogen-bond acceptors (Lipinski definition) is 5. The molecule has 0 aliphatic carbocycles. The molecule has 1 aliphatic heterocycles. The lowest BCUT2D eigenvalue weighted by Gasteiger charge is -2.12. The van der Waals surface area contributed by atoms with Crippen LogP contribution < -0.4 is 0 Å². The van der Waals surface area contributed by atoms with Crippen molar-refractivity contribution in [2.24, 2.45) is 0 Å². The molecule has 3 rings (SSSR count). The van der Waals surface area contributed by atoms with Crippen molar-refractivity contribution in [3.8, 4) is 10.6 Å². The van der Waals surface area contributed by atoms with Crippen LogP contribution >= 0.6 is 11.3 Å². The third-order valence-corrected chi connectivity index (χ3v) is 6.02. The number of rotatable bonds is 4. The second-order valence-electron chi connectivity index (χ2n) is 4.59. The van der Waals surface area contributed by atoms with Gasteiger partial charge in [0.2, 0.25) is 0 Å². The van der Waals surface area contributed by atoms with Crippen LogP contribution in [0.2, 0.25) is 0 Å². The predicted molar refractivity (Wildman–Crippen MR) is 75.5 cm³/mol. The quantitative estimate of drug-likeness (QED) is 0.871. The Balaban J connectivity index is 1.69. The summed E-state index contributed by atoms with van der Waals surface area (Å²) in [6, 6.07) is 5.83. The highest BCUT2D eigenvalue weighted by Gasteiger charge is 2.30. The molecule has 0 aromatic carbocycles. The average Bonchev–Trinajstić information content (AvgIpc) is 3.07. The van der Waals surface area contributed by atoms with Crippen molar-refractivity contribution in [1.82, 2.24) is 5.16 Å². The van der Waals surface area contributed by atoms with Crippen molar-refractivity contribution in [2.75, 3.05) is 6.61 Å². The zero-order valence-corrected chi connectivity index (χ0v) is 12.2. The molecule has 0 amide bonds. The van der Waals surface area contributed by atoms with Crippen molar-refractivity contribution in [3.05, 3.63) is 29.3 Å². The minimum absolute atomic E-state index is 0.0736. The van der Waals surface area contributed by atoms with Gasteiger partial charge in [0.25, 0.3) is 0 Å². The Hall–Kier alpha value is -0.980. The van der Waals surface area contributed by atoms with Crippen LogP contribution in [0.25, 0.3) is 10.6 Å². The molecule has 0 spiro atoms. The van der Waals surface area contributed by atoms with Gasteiger partial charge in [0.1, 0.15) is 0 Å². The number of hydrogen-bond donors (Lipinski definition) is 0. The summed E-state index contributed by atoms with van der Waals surface area (Å²) < 4.78 is 23.0. The molecule has 0 N–H and O–H groups in total. The highest BCUT2D eigenvalue weighted by molar-refractivity contribution is 7.84. The van der Waals surface area contributed by atoms with Gasteiger partial charge in [-0.3, -0.25) is 4.21 Å². The fourth-order valence-electron chi connectivity index (χ4n) is 2.22. The van der Waals surface area contributed by atoms with E-state index in [2.05, 4.69) is 5.16 Å². The summed E-state index contributed by atoms with van der Waals surface area (Å²) in [5.41, 5.74) is 0.751. The molecule has 1 saturated heterocycles.